The minimum atomic E-state index is -4.33. The van der Waals surface area contributed by atoms with Gasteiger partial charge in [0, 0.05) is 18.3 Å². The van der Waals surface area contributed by atoms with E-state index in [9.17, 15) is 18.0 Å². The van der Waals surface area contributed by atoms with Crippen molar-refractivity contribution in [3.63, 3.8) is 0 Å². The fraction of sp³-hybridized carbons (Fsp3) is 0.500. The maximum Gasteiger partial charge on any atom is 0.393 e. The Hall–Kier alpha value is -1.76. The number of anilines is 1. The second-order valence-corrected chi connectivity index (χ2v) is 5.03. The van der Waals surface area contributed by atoms with E-state index in [1.165, 1.54) is 23.1 Å². The molecule has 1 aliphatic rings. The molecule has 2 amide bonds. The van der Waals surface area contributed by atoms with E-state index in [1.54, 1.807) is 6.07 Å². The monoisotopic (exact) mass is 302 g/mol. The Balaban J connectivity index is 2.09. The number of benzene rings is 1. The van der Waals surface area contributed by atoms with E-state index in [0.29, 0.717) is 0 Å². The molecule has 1 saturated carbocycles. The molecule has 0 radical (unpaired) electrons. The van der Waals surface area contributed by atoms with Crippen LogP contribution in [0.4, 0.5) is 23.7 Å². The molecule has 2 rings (SSSR count). The molecule has 21 heavy (non-hydrogen) atoms. The van der Waals surface area contributed by atoms with E-state index in [-0.39, 0.29) is 30.4 Å². The molecule has 4 nitrogen and oxygen atoms in total. The Morgan fingerprint density at radius 2 is 2.00 bits per heavy atom. The molecule has 1 aromatic rings. The smallest absolute Gasteiger partial charge is 0.393 e. The summed E-state index contributed by atoms with van der Waals surface area (Å²) in [6.07, 6.45) is -3.70. The minimum Gasteiger partial charge on any atom is -0.395 e. The van der Waals surface area contributed by atoms with Crippen molar-refractivity contribution < 1.29 is 23.1 Å². The largest absolute Gasteiger partial charge is 0.395 e. The maximum absolute atomic E-state index is 12.5. The lowest BCUT2D eigenvalue weighted by Crippen LogP contribution is -2.39. The van der Waals surface area contributed by atoms with Gasteiger partial charge < -0.3 is 15.3 Å². The number of aliphatic hydroxyl groups is 1. The highest BCUT2D eigenvalue weighted by Crippen LogP contribution is 2.29. The van der Waals surface area contributed by atoms with Crippen LogP contribution in [0.1, 0.15) is 18.4 Å². The average Bonchev–Trinajstić information content (AvgIpc) is 3.20. The van der Waals surface area contributed by atoms with Gasteiger partial charge in [-0.05, 0) is 24.5 Å². The van der Waals surface area contributed by atoms with Gasteiger partial charge in [-0.15, -0.1) is 0 Å². The number of aliphatic hydroxyl groups excluding tert-OH is 1. The zero-order valence-electron chi connectivity index (χ0n) is 11.4. The first-order valence-electron chi connectivity index (χ1n) is 6.74. The van der Waals surface area contributed by atoms with Crippen LogP contribution in [0.5, 0.6) is 0 Å². The summed E-state index contributed by atoms with van der Waals surface area (Å²) >= 11 is 0. The summed E-state index contributed by atoms with van der Waals surface area (Å²) in [4.78, 5) is 13.6. The number of halogens is 3. The third-order valence-electron chi connectivity index (χ3n) is 3.24. The highest BCUT2D eigenvalue weighted by Gasteiger charge is 2.33. The van der Waals surface area contributed by atoms with Gasteiger partial charge in [-0.3, -0.25) is 0 Å². The van der Waals surface area contributed by atoms with Crippen molar-refractivity contribution in [1.82, 2.24) is 4.90 Å². The number of para-hydroxylation sites is 1. The second kappa shape index (κ2) is 6.34. The van der Waals surface area contributed by atoms with Crippen molar-refractivity contribution in [3.05, 3.63) is 29.8 Å². The number of carbonyl (C=O) groups is 1. The molecule has 0 heterocycles. The van der Waals surface area contributed by atoms with E-state index in [2.05, 4.69) is 5.32 Å². The number of hydrogen-bond donors (Lipinski definition) is 2. The van der Waals surface area contributed by atoms with Gasteiger partial charge in [-0.2, -0.15) is 13.2 Å². The first-order chi connectivity index (χ1) is 9.90. The van der Waals surface area contributed by atoms with Gasteiger partial charge in [0.05, 0.1) is 13.0 Å². The number of rotatable bonds is 5. The van der Waals surface area contributed by atoms with E-state index >= 15 is 0 Å². The van der Waals surface area contributed by atoms with Crippen LogP contribution >= 0.6 is 0 Å². The molecule has 0 aliphatic heterocycles. The lowest BCUT2D eigenvalue weighted by Gasteiger charge is -2.22. The molecule has 7 heteroatoms. The first-order valence-corrected chi connectivity index (χ1v) is 6.74. The predicted molar refractivity (Wildman–Crippen MR) is 72.0 cm³/mol. The molecule has 0 aromatic heterocycles. The van der Waals surface area contributed by atoms with Crippen molar-refractivity contribution in [2.24, 2.45) is 0 Å². The lowest BCUT2D eigenvalue weighted by molar-refractivity contribution is -0.127. The summed E-state index contributed by atoms with van der Waals surface area (Å²) in [5.41, 5.74) is 0.182. The minimum absolute atomic E-state index is 0.0260. The summed E-state index contributed by atoms with van der Waals surface area (Å²) in [5.74, 6) is 0. The second-order valence-electron chi connectivity index (χ2n) is 5.03. The fourth-order valence-electron chi connectivity index (χ4n) is 2.14. The third kappa shape index (κ3) is 4.63. The Morgan fingerprint density at radius 1 is 1.33 bits per heavy atom. The number of urea groups is 1. The molecule has 1 aliphatic carbocycles. The van der Waals surface area contributed by atoms with Crippen molar-refractivity contribution in [2.75, 3.05) is 18.5 Å². The van der Waals surface area contributed by atoms with Gasteiger partial charge in [0.25, 0.3) is 0 Å². The van der Waals surface area contributed by atoms with Gasteiger partial charge in [0.1, 0.15) is 0 Å². The van der Waals surface area contributed by atoms with Crippen LogP contribution in [0.2, 0.25) is 0 Å². The molecular weight excluding hydrogens is 285 g/mol. The summed E-state index contributed by atoms with van der Waals surface area (Å²) in [6.45, 7) is 0.00601. The Kier molecular flexibility index (Phi) is 4.72. The van der Waals surface area contributed by atoms with E-state index in [1.807, 2.05) is 0 Å². The molecule has 0 spiro atoms. The number of alkyl halides is 3. The van der Waals surface area contributed by atoms with E-state index < -0.39 is 18.6 Å². The van der Waals surface area contributed by atoms with Crippen LogP contribution < -0.4 is 5.32 Å². The van der Waals surface area contributed by atoms with E-state index in [4.69, 9.17) is 5.11 Å². The number of nitrogens with zero attached hydrogens (tertiary/aromatic N) is 1. The maximum atomic E-state index is 12.5. The van der Waals surface area contributed by atoms with Gasteiger partial charge in [-0.1, -0.05) is 18.2 Å². The standard InChI is InChI=1S/C14H17F3N2O2/c15-14(16,17)9-10-3-1-2-4-12(10)18-13(21)19(7-8-20)11-5-6-11/h1-4,11,20H,5-9H2,(H,18,21). The Morgan fingerprint density at radius 3 is 2.57 bits per heavy atom. The number of amides is 2. The summed E-state index contributed by atoms with van der Waals surface area (Å²) in [7, 11) is 0. The van der Waals surface area contributed by atoms with Crippen LogP contribution in [-0.4, -0.2) is 41.4 Å². The van der Waals surface area contributed by atoms with Crippen molar-refractivity contribution in [1.29, 1.82) is 0 Å². The highest BCUT2D eigenvalue weighted by atomic mass is 19.4. The van der Waals surface area contributed by atoms with Crippen LogP contribution in [0.15, 0.2) is 24.3 Å². The SMILES string of the molecule is O=C(Nc1ccccc1CC(F)(F)F)N(CCO)C1CC1. The zero-order valence-corrected chi connectivity index (χ0v) is 11.4. The molecule has 0 atom stereocenters. The van der Waals surface area contributed by atoms with Crippen molar-refractivity contribution >= 4 is 11.7 Å². The topological polar surface area (TPSA) is 52.6 Å². The van der Waals surface area contributed by atoms with Crippen LogP contribution in [0.3, 0.4) is 0 Å². The summed E-state index contributed by atoms with van der Waals surface area (Å²) < 4.78 is 37.6. The molecule has 0 unspecified atom stereocenters. The van der Waals surface area contributed by atoms with Gasteiger partial charge in [0.15, 0.2) is 0 Å². The molecule has 0 saturated heterocycles. The molecule has 2 N–H and O–H groups in total. The van der Waals surface area contributed by atoms with Crippen molar-refractivity contribution in [3.8, 4) is 0 Å². The van der Waals surface area contributed by atoms with Crippen LogP contribution in [0.25, 0.3) is 0 Å². The quantitative estimate of drug-likeness (QED) is 0.879. The van der Waals surface area contributed by atoms with Crippen molar-refractivity contribution in [2.45, 2.75) is 31.5 Å². The lowest BCUT2D eigenvalue weighted by atomic mass is 10.1. The normalized spacial score (nSPS) is 14.9. The highest BCUT2D eigenvalue weighted by molar-refractivity contribution is 5.90. The van der Waals surface area contributed by atoms with Gasteiger partial charge in [0.2, 0.25) is 0 Å². The molecular formula is C14H17F3N2O2. The Labute approximate surface area is 120 Å². The Bertz CT molecular complexity index is 501. The molecule has 1 fully saturated rings. The number of hydrogen-bond acceptors (Lipinski definition) is 2. The first kappa shape index (κ1) is 15.6. The third-order valence-corrected chi connectivity index (χ3v) is 3.24. The molecule has 1 aromatic carbocycles. The van der Waals surface area contributed by atoms with Crippen LogP contribution in [-0.2, 0) is 6.42 Å². The van der Waals surface area contributed by atoms with Gasteiger partial charge in [-0.25, -0.2) is 4.79 Å². The average molecular weight is 302 g/mol. The van der Waals surface area contributed by atoms with E-state index in [0.717, 1.165) is 12.8 Å². The van der Waals surface area contributed by atoms with Crippen LogP contribution in [0, 0.1) is 0 Å². The summed E-state index contributed by atoms with van der Waals surface area (Å²) in [6, 6.07) is 5.47. The fourth-order valence-corrected chi connectivity index (χ4v) is 2.14. The van der Waals surface area contributed by atoms with Gasteiger partial charge >= 0.3 is 12.2 Å². The zero-order chi connectivity index (χ0) is 15.5. The molecule has 116 valence electrons. The summed E-state index contributed by atoms with van der Waals surface area (Å²) in [5, 5.41) is 11.5. The number of nitrogens with one attached hydrogen (secondary N) is 1. The predicted octanol–water partition coefficient (Wildman–Crippen LogP) is 2.78. The molecule has 0 bridgehead atoms. The number of carbonyl (C=O) groups excluding carboxylic acids is 1.